The lowest BCUT2D eigenvalue weighted by atomic mass is 9.70. The molecule has 2 aromatic rings. The van der Waals surface area contributed by atoms with Gasteiger partial charge in [0.15, 0.2) is 11.6 Å². The molecule has 0 aromatic heterocycles. The number of carbonyl (C=O) groups excluding carboxylic acids is 2. The molecule has 0 amide bonds. The Balaban J connectivity index is 1.05. The Hall–Kier alpha value is -5.74. The highest BCUT2D eigenvalue weighted by molar-refractivity contribution is 6.00. The molecule has 10 nitrogen and oxygen atoms in total. The topological polar surface area (TPSA) is 171 Å². The molecule has 0 radical (unpaired) electrons. The van der Waals surface area contributed by atoms with E-state index < -0.39 is 11.8 Å². The van der Waals surface area contributed by atoms with Crippen molar-refractivity contribution < 1.29 is 28.5 Å². The third kappa shape index (κ3) is 6.75. The summed E-state index contributed by atoms with van der Waals surface area (Å²) in [6.45, 7) is 8.66. The number of hydrogen-bond donors (Lipinski definition) is 2. The summed E-state index contributed by atoms with van der Waals surface area (Å²) in [6.07, 6.45) is 5.57. The maximum atomic E-state index is 13.2. The third-order valence-corrected chi connectivity index (χ3v) is 9.44. The molecule has 0 fully saturated rings. The van der Waals surface area contributed by atoms with Crippen LogP contribution in [-0.4, -0.2) is 24.8 Å². The van der Waals surface area contributed by atoms with Crippen molar-refractivity contribution in [3.8, 4) is 23.6 Å². The van der Waals surface area contributed by atoms with Gasteiger partial charge in [0.05, 0.1) is 11.8 Å². The minimum atomic E-state index is -0.580. The lowest BCUT2D eigenvalue weighted by molar-refractivity contribution is -0.119. The van der Waals surface area contributed by atoms with Crippen molar-refractivity contribution in [1.82, 2.24) is 0 Å². The third-order valence-electron chi connectivity index (χ3n) is 9.44. The fourth-order valence-electron chi connectivity index (χ4n) is 7.17. The van der Waals surface area contributed by atoms with Crippen molar-refractivity contribution in [2.45, 2.75) is 65.2 Å². The van der Waals surface area contributed by atoms with Gasteiger partial charge in [0.2, 0.25) is 11.8 Å². The molecule has 0 spiro atoms. The molecular formula is C40H40N4O6. The normalized spacial score (nSPS) is 22.7. The number of benzene rings is 2. The van der Waals surface area contributed by atoms with Crippen molar-refractivity contribution in [3.05, 3.63) is 117 Å². The maximum Gasteiger partial charge on any atom is 0.205 e. The Morgan fingerprint density at radius 3 is 1.38 bits per heavy atom. The zero-order chi connectivity index (χ0) is 35.8. The molecule has 2 unspecified atom stereocenters. The van der Waals surface area contributed by atoms with Crippen LogP contribution >= 0.6 is 0 Å². The lowest BCUT2D eigenvalue weighted by Gasteiger charge is -2.37. The van der Waals surface area contributed by atoms with Crippen LogP contribution < -0.4 is 20.9 Å². The number of ketones is 2. The standard InChI is InChI=1S/C40H40N4O6/c1-39(2)17-29(45)35-31(19-39)49-37(43)27(21-41)33(35)23-7-11-25(12-8-23)47-15-5-6-16-48-26-13-9-24(10-14-26)34-28(22-42)38(44)50-32-20-40(3,4)18-30(46)36(32)34/h5-14,33-34H,15-20,43-44H2,1-4H3/b6-5+. The van der Waals surface area contributed by atoms with E-state index in [4.69, 9.17) is 30.4 Å². The molecule has 2 heterocycles. The molecule has 2 aliphatic heterocycles. The average molecular weight is 673 g/mol. The summed E-state index contributed by atoms with van der Waals surface area (Å²) in [6, 6.07) is 18.9. The monoisotopic (exact) mass is 672 g/mol. The van der Waals surface area contributed by atoms with E-state index >= 15 is 0 Å². The van der Waals surface area contributed by atoms with Crippen molar-refractivity contribution in [3.63, 3.8) is 0 Å². The van der Waals surface area contributed by atoms with Crippen LogP contribution in [-0.2, 0) is 19.1 Å². The van der Waals surface area contributed by atoms with E-state index in [9.17, 15) is 20.1 Å². The van der Waals surface area contributed by atoms with Crippen LogP contribution in [0.2, 0.25) is 0 Å². The minimum absolute atomic E-state index is 0.0312. The zero-order valence-electron chi connectivity index (χ0n) is 28.7. The first-order valence-corrected chi connectivity index (χ1v) is 16.6. The first-order valence-electron chi connectivity index (χ1n) is 16.6. The van der Waals surface area contributed by atoms with E-state index in [0.717, 1.165) is 11.1 Å². The first-order chi connectivity index (χ1) is 23.8. The lowest BCUT2D eigenvalue weighted by Crippen LogP contribution is -2.33. The van der Waals surface area contributed by atoms with Crippen LogP contribution in [0.4, 0.5) is 0 Å². The number of carbonyl (C=O) groups is 2. The highest BCUT2D eigenvalue weighted by Crippen LogP contribution is 2.49. The smallest absolute Gasteiger partial charge is 0.205 e. The minimum Gasteiger partial charge on any atom is -0.490 e. The van der Waals surface area contributed by atoms with Gasteiger partial charge in [0.1, 0.15) is 59.5 Å². The van der Waals surface area contributed by atoms with Crippen LogP contribution in [0, 0.1) is 33.5 Å². The Labute approximate surface area is 291 Å². The predicted octanol–water partition coefficient (Wildman–Crippen LogP) is 6.60. The second kappa shape index (κ2) is 13.3. The molecule has 4 aliphatic rings. The molecule has 6 rings (SSSR count). The number of nitrogens with zero attached hydrogens (tertiary/aromatic N) is 2. The number of hydrogen-bond acceptors (Lipinski definition) is 10. The molecule has 2 aromatic carbocycles. The van der Waals surface area contributed by atoms with Crippen molar-refractivity contribution in [2.24, 2.45) is 22.3 Å². The first kappa shape index (κ1) is 34.1. The van der Waals surface area contributed by atoms with E-state index in [1.54, 1.807) is 24.3 Å². The fraction of sp³-hybridized carbons (Fsp3) is 0.350. The van der Waals surface area contributed by atoms with Gasteiger partial charge in [-0.3, -0.25) is 9.59 Å². The van der Waals surface area contributed by atoms with Crippen LogP contribution in [0.25, 0.3) is 0 Å². The van der Waals surface area contributed by atoms with Crippen LogP contribution in [0.1, 0.15) is 76.3 Å². The van der Waals surface area contributed by atoms with E-state index in [0.29, 0.717) is 73.1 Å². The van der Waals surface area contributed by atoms with Gasteiger partial charge in [-0.2, -0.15) is 10.5 Å². The number of nitriles is 2. The van der Waals surface area contributed by atoms with Gasteiger partial charge in [-0.15, -0.1) is 0 Å². The van der Waals surface area contributed by atoms with Gasteiger partial charge in [-0.05, 0) is 58.4 Å². The van der Waals surface area contributed by atoms with Crippen LogP contribution in [0.3, 0.4) is 0 Å². The summed E-state index contributed by atoms with van der Waals surface area (Å²) in [5, 5.41) is 19.7. The number of Topliss-reactive ketones (excluding diaryl/α,β-unsaturated/α-hetero) is 2. The summed E-state index contributed by atoms with van der Waals surface area (Å²) in [7, 11) is 0. The Morgan fingerprint density at radius 1 is 0.680 bits per heavy atom. The molecule has 2 aliphatic carbocycles. The Bertz CT molecular complexity index is 1840. The molecular weight excluding hydrogens is 632 g/mol. The Morgan fingerprint density at radius 2 is 1.04 bits per heavy atom. The van der Waals surface area contributed by atoms with Crippen molar-refractivity contribution in [2.75, 3.05) is 13.2 Å². The van der Waals surface area contributed by atoms with E-state index in [1.165, 1.54) is 0 Å². The van der Waals surface area contributed by atoms with E-state index in [1.807, 2.05) is 64.1 Å². The molecule has 2 atom stereocenters. The van der Waals surface area contributed by atoms with Crippen molar-refractivity contribution in [1.29, 1.82) is 10.5 Å². The highest BCUT2D eigenvalue weighted by atomic mass is 16.5. The fourth-order valence-corrected chi connectivity index (χ4v) is 7.17. The van der Waals surface area contributed by atoms with Gasteiger partial charge in [-0.1, -0.05) is 52.0 Å². The number of ether oxygens (including phenoxy) is 4. The summed E-state index contributed by atoms with van der Waals surface area (Å²) in [5.74, 6) is 1.19. The number of nitrogens with two attached hydrogens (primary N) is 2. The molecule has 0 bridgehead atoms. The molecule has 0 saturated heterocycles. The molecule has 10 heteroatoms. The van der Waals surface area contributed by atoms with Gasteiger partial charge in [-0.25, -0.2) is 0 Å². The predicted molar refractivity (Wildman–Crippen MR) is 184 cm³/mol. The summed E-state index contributed by atoms with van der Waals surface area (Å²) in [4.78, 5) is 26.4. The van der Waals surface area contributed by atoms with Crippen LogP contribution in [0.15, 0.2) is 106 Å². The summed E-state index contributed by atoms with van der Waals surface area (Å²) >= 11 is 0. The Kier molecular flexibility index (Phi) is 9.07. The molecule has 50 heavy (non-hydrogen) atoms. The highest BCUT2D eigenvalue weighted by Gasteiger charge is 2.44. The maximum absolute atomic E-state index is 13.2. The molecule has 0 saturated carbocycles. The van der Waals surface area contributed by atoms with Gasteiger partial charge in [0, 0.05) is 36.8 Å². The average Bonchev–Trinajstić information content (AvgIpc) is 3.04. The summed E-state index contributed by atoms with van der Waals surface area (Å²) in [5.41, 5.74) is 14.8. The summed E-state index contributed by atoms with van der Waals surface area (Å²) < 4.78 is 23.3. The van der Waals surface area contributed by atoms with E-state index in [-0.39, 0.29) is 45.3 Å². The quantitative estimate of drug-likeness (QED) is 0.291. The second-order valence-corrected chi connectivity index (χ2v) is 14.6. The van der Waals surface area contributed by atoms with Crippen molar-refractivity contribution >= 4 is 11.6 Å². The van der Waals surface area contributed by atoms with Gasteiger partial charge < -0.3 is 30.4 Å². The van der Waals surface area contributed by atoms with Crippen LogP contribution in [0.5, 0.6) is 11.5 Å². The second-order valence-electron chi connectivity index (χ2n) is 14.6. The largest absolute Gasteiger partial charge is 0.490 e. The SMILES string of the molecule is CC1(C)CC(=O)C2=C(C1)OC(N)=C(C#N)C2c1ccc(OC/C=C/COc2ccc(C3C(C#N)=C(N)OC4=C3C(=O)CC(C)(C)C4)cc2)cc1. The van der Waals surface area contributed by atoms with Gasteiger partial charge >= 0.3 is 0 Å². The molecule has 4 N–H and O–H groups in total. The van der Waals surface area contributed by atoms with Gasteiger partial charge in [0.25, 0.3) is 0 Å². The number of rotatable bonds is 8. The number of allylic oxidation sites excluding steroid dienone is 6. The molecule has 256 valence electrons. The zero-order valence-corrected chi connectivity index (χ0v) is 28.7. The van der Waals surface area contributed by atoms with E-state index in [2.05, 4.69) is 12.1 Å².